The zero-order valence-electron chi connectivity index (χ0n) is 14.8. The summed E-state index contributed by atoms with van der Waals surface area (Å²) in [7, 11) is 1.79. The number of nitrogens with zero attached hydrogens (tertiary/aromatic N) is 4. The molecule has 134 valence electrons. The molecule has 0 spiro atoms. The highest BCUT2D eigenvalue weighted by atomic mass is 32.1. The number of aliphatic imine (C=N–C) groups is 1. The van der Waals surface area contributed by atoms with Crippen molar-refractivity contribution in [3.05, 3.63) is 16.1 Å². The number of amides is 1. The molecule has 1 aromatic heterocycles. The van der Waals surface area contributed by atoms with E-state index < -0.39 is 0 Å². The van der Waals surface area contributed by atoms with E-state index in [1.165, 1.54) is 0 Å². The van der Waals surface area contributed by atoms with Gasteiger partial charge in [0.2, 0.25) is 5.91 Å². The second kappa shape index (κ2) is 9.58. The minimum Gasteiger partial charge on any atom is -0.356 e. The second-order valence-electron chi connectivity index (χ2n) is 5.88. The van der Waals surface area contributed by atoms with Gasteiger partial charge in [-0.1, -0.05) is 0 Å². The first kappa shape index (κ1) is 18.7. The highest BCUT2D eigenvalue weighted by Crippen LogP contribution is 2.07. The van der Waals surface area contributed by atoms with Crippen LogP contribution < -0.4 is 10.6 Å². The Hall–Kier alpha value is -1.67. The van der Waals surface area contributed by atoms with Gasteiger partial charge in [-0.25, -0.2) is 4.98 Å². The summed E-state index contributed by atoms with van der Waals surface area (Å²) in [6, 6.07) is 0. The zero-order chi connectivity index (χ0) is 17.4. The molecule has 0 unspecified atom stereocenters. The van der Waals surface area contributed by atoms with Gasteiger partial charge in [-0.15, -0.1) is 11.3 Å². The van der Waals surface area contributed by atoms with Crippen molar-refractivity contribution in [2.75, 3.05) is 52.9 Å². The number of aromatic nitrogens is 1. The average molecular weight is 353 g/mol. The van der Waals surface area contributed by atoms with Gasteiger partial charge in [0.1, 0.15) is 0 Å². The van der Waals surface area contributed by atoms with E-state index in [0.29, 0.717) is 0 Å². The largest absolute Gasteiger partial charge is 0.356 e. The van der Waals surface area contributed by atoms with Crippen LogP contribution in [0, 0.1) is 6.92 Å². The maximum absolute atomic E-state index is 11.3. The van der Waals surface area contributed by atoms with Crippen molar-refractivity contribution < 1.29 is 4.79 Å². The van der Waals surface area contributed by atoms with Crippen LogP contribution in [0.3, 0.4) is 0 Å². The van der Waals surface area contributed by atoms with Crippen molar-refractivity contribution in [1.82, 2.24) is 25.4 Å². The van der Waals surface area contributed by atoms with Crippen molar-refractivity contribution in [3.63, 3.8) is 0 Å². The fourth-order valence-electron chi connectivity index (χ4n) is 2.67. The van der Waals surface area contributed by atoms with E-state index in [1.807, 2.05) is 11.8 Å². The normalized spacial score (nSPS) is 16.3. The topological polar surface area (TPSA) is 72.9 Å². The van der Waals surface area contributed by atoms with Crippen molar-refractivity contribution in [3.8, 4) is 0 Å². The Labute approximate surface area is 148 Å². The highest BCUT2D eigenvalue weighted by Gasteiger charge is 2.17. The van der Waals surface area contributed by atoms with Crippen LogP contribution in [-0.4, -0.2) is 79.5 Å². The number of guanidine groups is 1. The first-order chi connectivity index (χ1) is 11.6. The molecular formula is C16H28N6OS. The first-order valence-corrected chi connectivity index (χ1v) is 9.30. The van der Waals surface area contributed by atoms with E-state index in [0.717, 1.165) is 68.9 Å². The van der Waals surface area contributed by atoms with Gasteiger partial charge in [-0.05, 0) is 6.92 Å². The summed E-state index contributed by atoms with van der Waals surface area (Å²) in [5, 5.41) is 9.87. The number of nitrogens with one attached hydrogen (secondary N) is 2. The molecule has 0 aliphatic carbocycles. The van der Waals surface area contributed by atoms with E-state index in [1.54, 1.807) is 25.3 Å². The Kier molecular flexibility index (Phi) is 7.45. The Balaban J connectivity index is 1.59. The van der Waals surface area contributed by atoms with E-state index >= 15 is 0 Å². The van der Waals surface area contributed by atoms with Crippen LogP contribution in [0.4, 0.5) is 0 Å². The number of hydrogen-bond donors (Lipinski definition) is 2. The maximum atomic E-state index is 11.3. The molecule has 7 nitrogen and oxygen atoms in total. The van der Waals surface area contributed by atoms with Crippen LogP contribution in [0.2, 0.25) is 0 Å². The zero-order valence-corrected chi connectivity index (χ0v) is 15.7. The van der Waals surface area contributed by atoms with E-state index in [-0.39, 0.29) is 5.91 Å². The Bertz CT molecular complexity index is 551. The molecule has 0 radical (unpaired) electrons. The van der Waals surface area contributed by atoms with Crippen LogP contribution in [-0.2, 0) is 11.2 Å². The minimum atomic E-state index is 0.174. The molecule has 0 atom stereocenters. The van der Waals surface area contributed by atoms with Gasteiger partial charge in [-0.2, -0.15) is 0 Å². The second-order valence-corrected chi connectivity index (χ2v) is 6.94. The molecule has 1 amide bonds. The van der Waals surface area contributed by atoms with Crippen molar-refractivity contribution in [2.45, 2.75) is 20.3 Å². The summed E-state index contributed by atoms with van der Waals surface area (Å²) < 4.78 is 0. The molecule has 24 heavy (non-hydrogen) atoms. The van der Waals surface area contributed by atoms with E-state index in [2.05, 4.69) is 30.9 Å². The van der Waals surface area contributed by atoms with E-state index in [4.69, 9.17) is 0 Å². The molecule has 2 heterocycles. The van der Waals surface area contributed by atoms with Crippen molar-refractivity contribution in [1.29, 1.82) is 0 Å². The molecule has 1 aliphatic rings. The molecule has 1 fully saturated rings. The van der Waals surface area contributed by atoms with Gasteiger partial charge in [0.25, 0.3) is 0 Å². The number of carbonyl (C=O) groups excluding carboxylic acids is 1. The molecule has 1 aliphatic heterocycles. The summed E-state index contributed by atoms with van der Waals surface area (Å²) in [5.74, 6) is 0.997. The standard InChI is InChI=1S/C16H28N6OS/c1-13-20-15(12-24-13)4-5-18-16(17-3)19-6-7-21-8-10-22(11-9-21)14(2)23/h12H,4-11H2,1-3H3,(H2,17,18,19). The molecule has 8 heteroatoms. The molecule has 2 N–H and O–H groups in total. The predicted octanol–water partition coefficient (Wildman–Crippen LogP) is 0.323. The smallest absolute Gasteiger partial charge is 0.219 e. The van der Waals surface area contributed by atoms with Crippen LogP contribution in [0.25, 0.3) is 0 Å². The van der Waals surface area contributed by atoms with Crippen molar-refractivity contribution in [2.24, 2.45) is 4.99 Å². The third-order valence-electron chi connectivity index (χ3n) is 4.10. The molecule has 2 rings (SSSR count). The fourth-order valence-corrected chi connectivity index (χ4v) is 3.32. The van der Waals surface area contributed by atoms with Gasteiger partial charge in [0.05, 0.1) is 10.7 Å². The number of carbonyl (C=O) groups is 1. The molecule has 1 aromatic rings. The van der Waals surface area contributed by atoms with Crippen molar-refractivity contribution >= 4 is 23.2 Å². The maximum Gasteiger partial charge on any atom is 0.219 e. The monoisotopic (exact) mass is 352 g/mol. The molecule has 0 bridgehead atoms. The lowest BCUT2D eigenvalue weighted by Crippen LogP contribution is -2.50. The van der Waals surface area contributed by atoms with Gasteiger partial charge < -0.3 is 15.5 Å². The summed E-state index contributed by atoms with van der Waals surface area (Å²) >= 11 is 1.69. The summed E-state index contributed by atoms with van der Waals surface area (Å²) in [5.41, 5.74) is 1.13. The van der Waals surface area contributed by atoms with Crippen LogP contribution in [0.5, 0.6) is 0 Å². The number of hydrogen-bond acceptors (Lipinski definition) is 5. The third-order valence-corrected chi connectivity index (χ3v) is 4.92. The molecular weight excluding hydrogens is 324 g/mol. The van der Waals surface area contributed by atoms with Crippen LogP contribution in [0.15, 0.2) is 10.4 Å². The minimum absolute atomic E-state index is 0.174. The highest BCUT2D eigenvalue weighted by molar-refractivity contribution is 7.09. The van der Waals surface area contributed by atoms with Crippen LogP contribution >= 0.6 is 11.3 Å². The lowest BCUT2D eigenvalue weighted by Gasteiger charge is -2.34. The lowest BCUT2D eigenvalue weighted by molar-refractivity contribution is -0.130. The molecule has 0 aromatic carbocycles. The number of aryl methyl sites for hydroxylation is 1. The van der Waals surface area contributed by atoms with Gasteiger partial charge in [0.15, 0.2) is 5.96 Å². The summed E-state index contributed by atoms with van der Waals surface area (Å²) in [4.78, 5) is 24.3. The Morgan fingerprint density at radius 2 is 2.00 bits per heavy atom. The summed E-state index contributed by atoms with van der Waals surface area (Å²) in [6.07, 6.45) is 0.901. The van der Waals surface area contributed by atoms with Gasteiger partial charge >= 0.3 is 0 Å². The third kappa shape index (κ3) is 6.09. The predicted molar refractivity (Wildman–Crippen MR) is 98.6 cm³/mol. The average Bonchev–Trinajstić information content (AvgIpc) is 2.99. The quantitative estimate of drug-likeness (QED) is 0.570. The number of piperazine rings is 1. The SMILES string of the molecule is CN=C(NCCc1csc(C)n1)NCCN1CCN(C(C)=O)CC1. The van der Waals surface area contributed by atoms with E-state index in [9.17, 15) is 4.79 Å². The van der Waals surface area contributed by atoms with Crippen LogP contribution in [0.1, 0.15) is 17.6 Å². The summed E-state index contributed by atoms with van der Waals surface area (Å²) in [6.45, 7) is 9.82. The fraction of sp³-hybridized carbons (Fsp3) is 0.688. The lowest BCUT2D eigenvalue weighted by atomic mass is 10.3. The Morgan fingerprint density at radius 1 is 1.29 bits per heavy atom. The number of rotatable bonds is 6. The van der Waals surface area contributed by atoms with Gasteiger partial charge in [0, 0.05) is 71.6 Å². The number of thiazole rings is 1. The van der Waals surface area contributed by atoms with Gasteiger partial charge in [-0.3, -0.25) is 14.7 Å². The molecule has 1 saturated heterocycles. The first-order valence-electron chi connectivity index (χ1n) is 8.42. The molecule has 0 saturated carbocycles. The Morgan fingerprint density at radius 3 is 2.58 bits per heavy atom.